The number of anilines is 1. The third-order valence-electron chi connectivity index (χ3n) is 2.98. The van der Waals surface area contributed by atoms with Crippen LogP contribution in [0, 0.1) is 13.8 Å². The van der Waals surface area contributed by atoms with Crippen molar-refractivity contribution < 1.29 is 9.53 Å². The summed E-state index contributed by atoms with van der Waals surface area (Å²) in [5, 5.41) is 2.88. The van der Waals surface area contributed by atoms with E-state index in [0.717, 1.165) is 21.3 Å². The molecule has 0 saturated carbocycles. The predicted molar refractivity (Wildman–Crippen MR) is 88.8 cm³/mol. The molecule has 3 nitrogen and oxygen atoms in total. The largest absolute Gasteiger partial charge is 0.481 e. The van der Waals surface area contributed by atoms with Gasteiger partial charge in [0.15, 0.2) is 6.10 Å². The van der Waals surface area contributed by atoms with Crippen molar-refractivity contribution >= 4 is 27.5 Å². The highest BCUT2D eigenvalue weighted by molar-refractivity contribution is 9.10. The van der Waals surface area contributed by atoms with Crippen LogP contribution in [0.15, 0.2) is 46.9 Å². The molecule has 0 bridgehead atoms. The van der Waals surface area contributed by atoms with Gasteiger partial charge in [-0.2, -0.15) is 0 Å². The summed E-state index contributed by atoms with van der Waals surface area (Å²) in [7, 11) is 0. The summed E-state index contributed by atoms with van der Waals surface area (Å²) in [6.45, 7) is 5.74. The number of ether oxygens (including phenoxy) is 1. The van der Waals surface area contributed by atoms with Crippen molar-refractivity contribution in [2.75, 3.05) is 5.32 Å². The van der Waals surface area contributed by atoms with Crippen LogP contribution in [0.4, 0.5) is 5.69 Å². The summed E-state index contributed by atoms with van der Waals surface area (Å²) in [5.74, 6) is 0.504. The molecule has 0 unspecified atom stereocenters. The minimum Gasteiger partial charge on any atom is -0.481 e. The van der Waals surface area contributed by atoms with Crippen molar-refractivity contribution in [2.24, 2.45) is 0 Å². The Morgan fingerprint density at radius 2 is 1.67 bits per heavy atom. The molecule has 2 aromatic rings. The highest BCUT2D eigenvalue weighted by Crippen LogP contribution is 2.18. The summed E-state index contributed by atoms with van der Waals surface area (Å²) < 4.78 is 6.61. The van der Waals surface area contributed by atoms with Gasteiger partial charge in [-0.3, -0.25) is 4.79 Å². The van der Waals surface area contributed by atoms with Crippen molar-refractivity contribution in [1.82, 2.24) is 0 Å². The monoisotopic (exact) mass is 347 g/mol. The summed E-state index contributed by atoms with van der Waals surface area (Å²) in [6, 6.07) is 13.4. The lowest BCUT2D eigenvalue weighted by Gasteiger charge is -2.15. The van der Waals surface area contributed by atoms with E-state index in [-0.39, 0.29) is 5.91 Å². The van der Waals surface area contributed by atoms with E-state index >= 15 is 0 Å². The van der Waals surface area contributed by atoms with Crippen LogP contribution in [0.3, 0.4) is 0 Å². The van der Waals surface area contributed by atoms with Gasteiger partial charge in [0, 0.05) is 10.2 Å². The minimum absolute atomic E-state index is 0.164. The maximum absolute atomic E-state index is 12.2. The fraction of sp³-hybridized carbons (Fsp3) is 0.235. The first-order valence-corrected chi connectivity index (χ1v) is 7.55. The molecule has 1 atom stereocenters. The molecule has 1 amide bonds. The number of carbonyl (C=O) groups excluding carboxylic acids is 1. The lowest BCUT2D eigenvalue weighted by molar-refractivity contribution is -0.122. The molecule has 0 radical (unpaired) electrons. The maximum atomic E-state index is 12.2. The summed E-state index contributed by atoms with van der Waals surface area (Å²) in [6.07, 6.45) is -0.563. The van der Waals surface area contributed by atoms with E-state index in [0.29, 0.717) is 5.75 Å². The van der Waals surface area contributed by atoms with E-state index in [1.54, 1.807) is 6.92 Å². The van der Waals surface area contributed by atoms with Gasteiger partial charge in [-0.25, -0.2) is 0 Å². The first-order valence-electron chi connectivity index (χ1n) is 6.75. The summed E-state index contributed by atoms with van der Waals surface area (Å²) in [5.41, 5.74) is 3.03. The molecule has 2 rings (SSSR count). The van der Waals surface area contributed by atoms with Crippen molar-refractivity contribution in [3.05, 3.63) is 58.1 Å². The topological polar surface area (TPSA) is 38.3 Å². The van der Waals surface area contributed by atoms with Gasteiger partial charge in [-0.15, -0.1) is 0 Å². The fourth-order valence-electron chi connectivity index (χ4n) is 2.06. The average Bonchev–Trinajstić information content (AvgIpc) is 2.40. The molecule has 0 aliphatic rings. The molecule has 21 heavy (non-hydrogen) atoms. The Bertz CT molecular complexity index is 617. The van der Waals surface area contributed by atoms with Crippen LogP contribution in [0.25, 0.3) is 0 Å². The normalized spacial score (nSPS) is 11.8. The summed E-state index contributed by atoms with van der Waals surface area (Å²) in [4.78, 5) is 12.2. The van der Waals surface area contributed by atoms with Crippen LogP contribution in [-0.4, -0.2) is 12.0 Å². The molecule has 0 heterocycles. The van der Waals surface area contributed by atoms with E-state index in [1.807, 2.05) is 50.2 Å². The number of hydrogen-bond donors (Lipinski definition) is 1. The molecule has 4 heteroatoms. The van der Waals surface area contributed by atoms with Crippen LogP contribution in [-0.2, 0) is 4.79 Å². The van der Waals surface area contributed by atoms with Gasteiger partial charge in [-0.05, 0) is 68.3 Å². The zero-order valence-electron chi connectivity index (χ0n) is 12.3. The van der Waals surface area contributed by atoms with E-state index in [4.69, 9.17) is 4.74 Å². The van der Waals surface area contributed by atoms with Crippen molar-refractivity contribution in [1.29, 1.82) is 0 Å². The predicted octanol–water partition coefficient (Wildman–Crippen LogP) is 4.47. The molecule has 0 aromatic heterocycles. The maximum Gasteiger partial charge on any atom is 0.265 e. The Morgan fingerprint density at radius 3 is 2.24 bits per heavy atom. The highest BCUT2D eigenvalue weighted by atomic mass is 79.9. The number of halogens is 1. The van der Waals surface area contributed by atoms with Gasteiger partial charge in [-0.1, -0.05) is 22.0 Å². The number of carbonyl (C=O) groups is 1. The Morgan fingerprint density at radius 1 is 1.10 bits per heavy atom. The van der Waals surface area contributed by atoms with Crippen LogP contribution in [0.2, 0.25) is 0 Å². The van der Waals surface area contributed by atoms with Gasteiger partial charge in [0.05, 0.1) is 0 Å². The van der Waals surface area contributed by atoms with Crippen LogP contribution in [0.1, 0.15) is 18.1 Å². The molecule has 2 aromatic carbocycles. The van der Waals surface area contributed by atoms with Gasteiger partial charge >= 0.3 is 0 Å². The Labute approximate surface area is 133 Å². The Balaban J connectivity index is 2.00. The number of nitrogens with one attached hydrogen (secondary N) is 1. The Hall–Kier alpha value is -1.81. The third-order valence-corrected chi connectivity index (χ3v) is 3.51. The molecule has 0 spiro atoms. The lowest BCUT2D eigenvalue weighted by atomic mass is 10.1. The first-order chi connectivity index (χ1) is 9.94. The quantitative estimate of drug-likeness (QED) is 0.885. The number of aryl methyl sites for hydroxylation is 2. The van der Waals surface area contributed by atoms with Gasteiger partial charge in [0.2, 0.25) is 0 Å². The number of amides is 1. The van der Waals surface area contributed by atoms with Crippen molar-refractivity contribution in [2.45, 2.75) is 26.9 Å². The number of benzene rings is 2. The van der Waals surface area contributed by atoms with E-state index < -0.39 is 6.10 Å². The van der Waals surface area contributed by atoms with Gasteiger partial charge in [0.1, 0.15) is 5.75 Å². The molecule has 1 N–H and O–H groups in total. The average molecular weight is 348 g/mol. The third kappa shape index (κ3) is 4.60. The summed E-state index contributed by atoms with van der Waals surface area (Å²) >= 11 is 3.36. The van der Waals surface area contributed by atoms with Crippen molar-refractivity contribution in [3.8, 4) is 5.75 Å². The van der Waals surface area contributed by atoms with Gasteiger partial charge in [0.25, 0.3) is 5.91 Å². The van der Waals surface area contributed by atoms with Gasteiger partial charge < -0.3 is 10.1 Å². The Kier molecular flexibility index (Phi) is 5.02. The second-order valence-electron chi connectivity index (χ2n) is 5.08. The standard InChI is InChI=1S/C17H18BrNO2/c1-11-8-12(2)10-15(9-11)19-17(20)13(3)21-16-6-4-14(18)5-7-16/h4-10,13H,1-3H3,(H,19,20)/t13-/m0/s1. The number of hydrogen-bond acceptors (Lipinski definition) is 2. The second kappa shape index (κ2) is 6.76. The SMILES string of the molecule is Cc1cc(C)cc(NC(=O)[C@H](C)Oc2ccc(Br)cc2)c1. The number of rotatable bonds is 4. The van der Waals surface area contributed by atoms with E-state index in [1.165, 1.54) is 0 Å². The van der Waals surface area contributed by atoms with E-state index in [9.17, 15) is 4.79 Å². The van der Waals surface area contributed by atoms with Crippen LogP contribution < -0.4 is 10.1 Å². The first kappa shape index (κ1) is 15.6. The zero-order chi connectivity index (χ0) is 15.4. The highest BCUT2D eigenvalue weighted by Gasteiger charge is 2.15. The molecule has 110 valence electrons. The fourth-order valence-corrected chi connectivity index (χ4v) is 2.33. The lowest BCUT2D eigenvalue weighted by Crippen LogP contribution is -2.30. The van der Waals surface area contributed by atoms with Crippen molar-refractivity contribution in [3.63, 3.8) is 0 Å². The zero-order valence-corrected chi connectivity index (χ0v) is 13.9. The van der Waals surface area contributed by atoms with E-state index in [2.05, 4.69) is 27.3 Å². The minimum atomic E-state index is -0.563. The molecule has 0 saturated heterocycles. The molecule has 0 fully saturated rings. The molecule has 0 aliphatic carbocycles. The van der Waals surface area contributed by atoms with Crippen LogP contribution in [0.5, 0.6) is 5.75 Å². The molecular weight excluding hydrogens is 330 g/mol. The van der Waals surface area contributed by atoms with Crippen LogP contribution >= 0.6 is 15.9 Å². The smallest absolute Gasteiger partial charge is 0.265 e. The molecular formula is C17H18BrNO2. The molecule has 0 aliphatic heterocycles. The second-order valence-corrected chi connectivity index (χ2v) is 6.00.